The van der Waals surface area contributed by atoms with Gasteiger partial charge in [-0.25, -0.2) is 0 Å². The first kappa shape index (κ1) is 30.3. The molecule has 0 aliphatic carbocycles. The van der Waals surface area contributed by atoms with Crippen LogP contribution in [-0.4, -0.2) is 74.0 Å². The Hall–Kier alpha value is 1.58. The van der Waals surface area contributed by atoms with Gasteiger partial charge in [0.05, 0.1) is 14.3 Å². The molecule has 0 radical (unpaired) electrons. The summed E-state index contributed by atoms with van der Waals surface area (Å²) in [5.74, 6) is 0. The summed E-state index contributed by atoms with van der Waals surface area (Å²) in [5, 5.41) is 0.900. The summed E-state index contributed by atoms with van der Waals surface area (Å²) in [7, 11) is -6.61. The van der Waals surface area contributed by atoms with Crippen LogP contribution in [0.25, 0.3) is 0 Å². The summed E-state index contributed by atoms with van der Waals surface area (Å²) >= 11 is 8.03. The monoisotopic (exact) mass is 473 g/mol. The van der Waals surface area contributed by atoms with Crippen LogP contribution in [0.15, 0.2) is 0 Å². The zero-order chi connectivity index (χ0) is 20.2. The lowest BCUT2D eigenvalue weighted by atomic mass is 11.0. The quantitative estimate of drug-likeness (QED) is 0.179. The van der Waals surface area contributed by atoms with Crippen LogP contribution in [0.1, 0.15) is 6.92 Å². The van der Waals surface area contributed by atoms with Crippen LogP contribution < -0.4 is 0 Å². The van der Waals surface area contributed by atoms with Crippen molar-refractivity contribution in [2.24, 2.45) is 0 Å². The number of hydrogen-bond donors (Lipinski definition) is 0. The molecule has 0 aromatic heterocycles. The van der Waals surface area contributed by atoms with Crippen LogP contribution in [0.3, 0.4) is 0 Å². The predicted octanol–water partition coefficient (Wildman–Crippen LogP) is 6.60. The van der Waals surface area contributed by atoms with E-state index in [9.17, 15) is 18.3 Å². The van der Waals surface area contributed by atoms with E-state index < -0.39 is 29.2 Å². The lowest BCUT2D eigenvalue weighted by Crippen LogP contribution is -1.84. The standard InChI is InChI=1S/C7H18O2P2S2.C4H9OPS.C2H6OP/c1-10(2,8)5-12-7-13-6-11(3,4)9;1-4(7)6(2,3)5;1-4(2)3/h5-7H2,1-4H3;1-3H3;1-2H3/q;;+1. The number of thioether (sulfide) groups is 2. The van der Waals surface area contributed by atoms with Gasteiger partial charge in [-0.3, -0.25) is 0 Å². The van der Waals surface area contributed by atoms with Gasteiger partial charge in [-0.2, -0.15) is 0 Å². The SMILES string of the molecule is CC(=S)P(C)(C)=O.CP(C)(=O)CSCSCP(C)(C)=O.C[P+](C)=O. The number of thiocarbonyl (C=S) groups is 1. The van der Waals surface area contributed by atoms with Gasteiger partial charge in [-0.05, 0) is 46.9 Å². The van der Waals surface area contributed by atoms with Crippen molar-refractivity contribution in [3.05, 3.63) is 0 Å². The highest BCUT2D eigenvalue weighted by atomic mass is 32.2. The molecule has 0 atom stereocenters. The van der Waals surface area contributed by atoms with Crippen molar-refractivity contribution >= 4 is 69.6 Å². The number of rotatable bonds is 7. The summed E-state index contributed by atoms with van der Waals surface area (Å²) in [4.78, 5) is 0. The number of hydrogen-bond acceptors (Lipinski definition) is 7. The van der Waals surface area contributed by atoms with Crippen LogP contribution in [0.5, 0.6) is 0 Å². The minimum absolute atomic E-state index is 0.632. The maximum absolute atomic E-state index is 11.3. The minimum Gasteiger partial charge on any atom is -0.323 e. The van der Waals surface area contributed by atoms with Gasteiger partial charge >= 0.3 is 7.80 Å². The minimum atomic E-state index is -2.01. The van der Waals surface area contributed by atoms with Gasteiger partial charge in [-0.15, -0.1) is 23.5 Å². The van der Waals surface area contributed by atoms with E-state index in [-0.39, 0.29) is 0 Å². The van der Waals surface area contributed by atoms with Gasteiger partial charge in [0, 0.05) is 20.7 Å². The third-order valence-corrected chi connectivity index (χ3v) is 12.3. The highest BCUT2D eigenvalue weighted by Crippen LogP contribution is 2.43. The molecule has 0 amide bonds. The molecule has 4 nitrogen and oxygen atoms in total. The fourth-order valence-corrected chi connectivity index (χ4v) is 6.50. The molecule has 0 aliphatic rings. The van der Waals surface area contributed by atoms with Crippen molar-refractivity contribution in [1.29, 1.82) is 0 Å². The van der Waals surface area contributed by atoms with Crippen molar-refractivity contribution in [3.63, 3.8) is 0 Å². The second kappa shape index (κ2) is 14.6. The average Bonchev–Trinajstić information content (AvgIpc) is 2.23. The Morgan fingerprint density at radius 3 is 1.21 bits per heavy atom. The fraction of sp³-hybridized carbons (Fsp3) is 0.923. The third-order valence-electron chi connectivity index (χ3n) is 1.73. The molecule has 0 rings (SSSR count). The Bertz CT molecular complexity index is 491. The van der Waals surface area contributed by atoms with E-state index in [1.54, 1.807) is 83.8 Å². The molecule has 0 spiro atoms. The molecule has 0 bridgehead atoms. The lowest BCUT2D eigenvalue weighted by Gasteiger charge is -2.07. The molecule has 146 valence electrons. The summed E-state index contributed by atoms with van der Waals surface area (Å²) in [5.41, 5.74) is 1.47. The molecule has 0 heterocycles. The zero-order valence-electron chi connectivity index (χ0n) is 16.3. The molecule has 0 unspecified atom stereocenters. The van der Waals surface area contributed by atoms with E-state index in [4.69, 9.17) is 0 Å². The maximum Gasteiger partial charge on any atom is 0.332 e. The highest BCUT2D eigenvalue weighted by molar-refractivity contribution is 8.20. The first-order valence-corrected chi connectivity index (χ1v) is 20.1. The van der Waals surface area contributed by atoms with Gasteiger partial charge in [0.25, 0.3) is 0 Å². The topological polar surface area (TPSA) is 68.3 Å². The molecule has 0 fully saturated rings. The zero-order valence-corrected chi connectivity index (χ0v) is 22.3. The molecule has 24 heavy (non-hydrogen) atoms. The van der Waals surface area contributed by atoms with Crippen LogP contribution in [0.4, 0.5) is 0 Å². The van der Waals surface area contributed by atoms with Gasteiger partial charge in [-0.1, -0.05) is 16.8 Å². The Morgan fingerprint density at radius 1 is 0.875 bits per heavy atom. The van der Waals surface area contributed by atoms with Crippen molar-refractivity contribution in [1.82, 2.24) is 0 Å². The summed E-state index contributed by atoms with van der Waals surface area (Å²) in [6, 6.07) is 0. The largest absolute Gasteiger partial charge is 0.332 e. The van der Waals surface area contributed by atoms with Crippen molar-refractivity contribution in [2.75, 3.05) is 69.4 Å². The van der Waals surface area contributed by atoms with Gasteiger partial charge in [0.1, 0.15) is 20.5 Å². The van der Waals surface area contributed by atoms with Crippen molar-refractivity contribution < 1.29 is 18.3 Å². The molecule has 0 aliphatic heterocycles. The van der Waals surface area contributed by atoms with Crippen LogP contribution in [0, 0.1) is 0 Å². The Kier molecular flexibility index (Phi) is 18.5. The fourth-order valence-electron chi connectivity index (χ4n) is 0.573. The van der Waals surface area contributed by atoms with Crippen molar-refractivity contribution in [3.8, 4) is 0 Å². The van der Waals surface area contributed by atoms with Gasteiger partial charge in [0.15, 0.2) is 0 Å². The lowest BCUT2D eigenvalue weighted by molar-refractivity contribution is 0.584. The Labute approximate surface area is 163 Å². The molecule has 0 aromatic rings. The van der Waals surface area contributed by atoms with Gasteiger partial charge < -0.3 is 13.7 Å². The molecule has 11 heteroatoms. The normalized spacial score (nSPS) is 11.5. The molecule has 0 saturated carbocycles. The molecule has 0 saturated heterocycles. The molecular formula is C13H33O4P4S3+. The van der Waals surface area contributed by atoms with E-state index in [1.807, 2.05) is 0 Å². The predicted molar refractivity (Wildman–Crippen MR) is 126 cm³/mol. The molecular weight excluding hydrogens is 440 g/mol. The second-order valence-corrected chi connectivity index (χ2v) is 22.6. The average molecular weight is 474 g/mol. The Balaban J connectivity index is -0.000000335. The van der Waals surface area contributed by atoms with Crippen LogP contribution in [-0.2, 0) is 18.3 Å². The maximum atomic E-state index is 11.3. The summed E-state index contributed by atoms with van der Waals surface area (Å²) in [6.45, 7) is 15.6. The van der Waals surface area contributed by atoms with Gasteiger partial charge in [0.2, 0.25) is 0 Å². The van der Waals surface area contributed by atoms with E-state index in [0.29, 0.717) is 4.61 Å². The molecule has 0 N–H and O–H groups in total. The smallest absolute Gasteiger partial charge is 0.323 e. The first-order valence-electron chi connectivity index (χ1n) is 7.02. The van der Waals surface area contributed by atoms with E-state index in [2.05, 4.69) is 12.2 Å². The van der Waals surface area contributed by atoms with Crippen LogP contribution in [0.2, 0.25) is 0 Å². The van der Waals surface area contributed by atoms with E-state index in [0.717, 1.165) is 16.1 Å². The third kappa shape index (κ3) is 38.9. The summed E-state index contributed by atoms with van der Waals surface area (Å²) < 4.78 is 43.6. The molecule has 0 aromatic carbocycles. The van der Waals surface area contributed by atoms with E-state index >= 15 is 0 Å². The van der Waals surface area contributed by atoms with E-state index in [1.165, 1.54) is 0 Å². The summed E-state index contributed by atoms with van der Waals surface area (Å²) in [6.07, 6.45) is 0. The highest BCUT2D eigenvalue weighted by Gasteiger charge is 2.09. The Morgan fingerprint density at radius 2 is 1.08 bits per heavy atom. The second-order valence-electron chi connectivity index (χ2n) is 6.61. The van der Waals surface area contributed by atoms with Crippen LogP contribution >= 0.6 is 65.0 Å². The van der Waals surface area contributed by atoms with Crippen molar-refractivity contribution in [2.45, 2.75) is 6.92 Å². The first-order chi connectivity index (χ1) is 10.4.